The Hall–Kier alpha value is -2.93. The predicted octanol–water partition coefficient (Wildman–Crippen LogP) is 3.75. The Morgan fingerprint density at radius 2 is 1.19 bits per heavy atom. The Morgan fingerprint density at radius 3 is 1.58 bits per heavy atom. The molecule has 0 heterocycles. The van der Waals surface area contributed by atoms with Crippen LogP contribution in [0.2, 0.25) is 0 Å². The van der Waals surface area contributed by atoms with Gasteiger partial charge < -0.3 is 10.2 Å². The molecule has 7 heteroatoms. The van der Waals surface area contributed by atoms with Crippen molar-refractivity contribution in [2.24, 2.45) is 23.7 Å². The summed E-state index contributed by atoms with van der Waals surface area (Å²) in [6.45, 7) is 3.27. The second-order valence-electron chi connectivity index (χ2n) is 7.78. The molecule has 162 valence electrons. The largest absolute Gasteiger partial charge is 0.481 e. The van der Waals surface area contributed by atoms with Gasteiger partial charge in [0.15, 0.2) is 0 Å². The van der Waals surface area contributed by atoms with E-state index >= 15 is 0 Å². The van der Waals surface area contributed by atoms with Crippen LogP contribution in [0.3, 0.4) is 0 Å². The fourth-order valence-corrected chi connectivity index (χ4v) is 5.01. The summed E-state index contributed by atoms with van der Waals surface area (Å²) in [6, 6.07) is 15.6. The quantitative estimate of drug-likeness (QED) is 0.611. The molecule has 0 amide bonds. The van der Waals surface area contributed by atoms with Crippen molar-refractivity contribution in [1.29, 1.82) is 0 Å². The van der Waals surface area contributed by atoms with E-state index in [1.807, 2.05) is 12.1 Å². The third-order valence-electron chi connectivity index (χ3n) is 5.83. The van der Waals surface area contributed by atoms with Crippen LogP contribution in [0.15, 0.2) is 58.3 Å². The van der Waals surface area contributed by atoms with E-state index in [-0.39, 0.29) is 6.42 Å². The SMILES string of the molecule is CCc1ccc(Sc2ccc(CC(=O)C3C(C(=O)O)C(C(C)=O)C3C(=O)O)cc2)cc1. The van der Waals surface area contributed by atoms with E-state index in [9.17, 15) is 29.4 Å². The molecule has 2 unspecified atom stereocenters. The van der Waals surface area contributed by atoms with Gasteiger partial charge in [0.25, 0.3) is 0 Å². The summed E-state index contributed by atoms with van der Waals surface area (Å²) in [5.74, 6) is -8.53. The van der Waals surface area contributed by atoms with Crippen LogP contribution in [0.4, 0.5) is 0 Å². The van der Waals surface area contributed by atoms with Crippen molar-refractivity contribution in [1.82, 2.24) is 0 Å². The number of aryl methyl sites for hydroxylation is 1. The molecule has 0 aromatic heterocycles. The number of Topliss-reactive ketones (excluding diaryl/α,β-unsaturated/α-hetero) is 2. The van der Waals surface area contributed by atoms with Crippen LogP contribution in [0.5, 0.6) is 0 Å². The molecule has 0 aliphatic heterocycles. The zero-order chi connectivity index (χ0) is 22.7. The molecule has 3 rings (SSSR count). The Bertz CT molecular complexity index is 974. The molecule has 6 nitrogen and oxygen atoms in total. The zero-order valence-electron chi connectivity index (χ0n) is 17.3. The maximum atomic E-state index is 12.8. The lowest BCUT2D eigenvalue weighted by molar-refractivity contribution is -0.179. The molecule has 0 bridgehead atoms. The number of carbonyl (C=O) groups excluding carboxylic acids is 2. The van der Waals surface area contributed by atoms with Gasteiger partial charge in [0, 0.05) is 28.0 Å². The van der Waals surface area contributed by atoms with E-state index in [1.165, 1.54) is 12.5 Å². The highest BCUT2D eigenvalue weighted by Crippen LogP contribution is 2.48. The Labute approximate surface area is 184 Å². The van der Waals surface area contributed by atoms with Crippen molar-refractivity contribution >= 4 is 35.3 Å². The van der Waals surface area contributed by atoms with Crippen molar-refractivity contribution < 1.29 is 29.4 Å². The summed E-state index contributed by atoms with van der Waals surface area (Å²) >= 11 is 1.59. The van der Waals surface area contributed by atoms with Crippen molar-refractivity contribution in [2.45, 2.75) is 36.5 Å². The first-order valence-corrected chi connectivity index (χ1v) is 10.9. The average Bonchev–Trinajstić information content (AvgIpc) is 2.68. The van der Waals surface area contributed by atoms with Crippen LogP contribution >= 0.6 is 11.8 Å². The summed E-state index contributed by atoms with van der Waals surface area (Å²) < 4.78 is 0. The van der Waals surface area contributed by atoms with Crippen molar-refractivity contribution in [3.63, 3.8) is 0 Å². The highest BCUT2D eigenvalue weighted by molar-refractivity contribution is 7.99. The molecule has 31 heavy (non-hydrogen) atoms. The number of hydrogen-bond donors (Lipinski definition) is 2. The van der Waals surface area contributed by atoms with Crippen molar-refractivity contribution in [3.05, 3.63) is 59.7 Å². The van der Waals surface area contributed by atoms with Gasteiger partial charge in [-0.1, -0.05) is 43.0 Å². The number of ketones is 2. The fraction of sp³-hybridized carbons (Fsp3) is 0.333. The van der Waals surface area contributed by atoms with Crippen LogP contribution in [0, 0.1) is 23.7 Å². The molecular weight excluding hydrogens is 416 g/mol. The molecule has 2 aromatic rings. The van der Waals surface area contributed by atoms with E-state index in [4.69, 9.17) is 0 Å². The molecule has 1 saturated carbocycles. The molecule has 0 radical (unpaired) electrons. The first-order chi connectivity index (χ1) is 14.7. The maximum absolute atomic E-state index is 12.8. The molecule has 2 N–H and O–H groups in total. The predicted molar refractivity (Wildman–Crippen MR) is 115 cm³/mol. The number of carboxylic acid groups (broad SMARTS) is 2. The number of carboxylic acids is 2. The maximum Gasteiger partial charge on any atom is 0.308 e. The van der Waals surface area contributed by atoms with Gasteiger partial charge in [-0.3, -0.25) is 19.2 Å². The highest BCUT2D eigenvalue weighted by atomic mass is 32.2. The molecule has 0 saturated heterocycles. The summed E-state index contributed by atoms with van der Waals surface area (Å²) in [5.41, 5.74) is 1.94. The van der Waals surface area contributed by atoms with Gasteiger partial charge in [0.2, 0.25) is 0 Å². The number of benzene rings is 2. The monoisotopic (exact) mass is 440 g/mol. The lowest BCUT2D eigenvalue weighted by Gasteiger charge is -2.45. The first-order valence-electron chi connectivity index (χ1n) is 10.1. The average molecular weight is 441 g/mol. The van der Waals surface area contributed by atoms with Gasteiger partial charge in [-0.05, 0) is 48.7 Å². The molecule has 1 fully saturated rings. The Kier molecular flexibility index (Phi) is 6.95. The molecule has 2 atom stereocenters. The van der Waals surface area contributed by atoms with E-state index < -0.39 is 47.2 Å². The normalized spacial score (nSPS) is 22.4. The second-order valence-corrected chi connectivity index (χ2v) is 8.92. The standard InChI is InChI=1S/C24H24O6S/c1-3-14-4-8-16(9-5-14)31-17-10-6-15(7-11-17)12-18(26)20-21(23(27)28)19(13(2)25)22(20)24(29)30/h4-11,19-22H,3,12H2,1-2H3,(H,27,28)(H,29,30). The van der Waals surface area contributed by atoms with Gasteiger partial charge >= 0.3 is 11.9 Å². The summed E-state index contributed by atoms with van der Waals surface area (Å²) in [5, 5.41) is 18.9. The Morgan fingerprint density at radius 1 is 0.742 bits per heavy atom. The number of carbonyl (C=O) groups is 4. The van der Waals surface area contributed by atoms with Gasteiger partial charge in [-0.25, -0.2) is 0 Å². The summed E-state index contributed by atoms with van der Waals surface area (Å²) in [4.78, 5) is 49.8. The van der Waals surface area contributed by atoms with Crippen LogP contribution in [0.1, 0.15) is 25.0 Å². The number of rotatable bonds is 9. The van der Waals surface area contributed by atoms with Crippen LogP contribution in [0.25, 0.3) is 0 Å². The van der Waals surface area contributed by atoms with Gasteiger partial charge in [-0.15, -0.1) is 0 Å². The summed E-state index contributed by atoms with van der Waals surface area (Å²) in [7, 11) is 0. The topological polar surface area (TPSA) is 109 Å². The number of hydrogen-bond acceptors (Lipinski definition) is 5. The highest BCUT2D eigenvalue weighted by Gasteiger charge is 2.62. The van der Waals surface area contributed by atoms with Gasteiger partial charge in [0.05, 0.1) is 11.8 Å². The van der Waals surface area contributed by atoms with E-state index in [2.05, 4.69) is 31.2 Å². The third kappa shape index (κ3) is 4.88. The Balaban J connectivity index is 1.69. The van der Waals surface area contributed by atoms with E-state index in [0.717, 1.165) is 16.2 Å². The molecule has 1 aliphatic carbocycles. The van der Waals surface area contributed by atoms with Crippen LogP contribution < -0.4 is 0 Å². The molecule has 2 aromatic carbocycles. The van der Waals surface area contributed by atoms with Crippen molar-refractivity contribution in [2.75, 3.05) is 0 Å². The minimum absolute atomic E-state index is 0.0704. The molecular formula is C24H24O6S. The van der Waals surface area contributed by atoms with E-state index in [0.29, 0.717) is 5.56 Å². The molecule has 1 aliphatic rings. The van der Waals surface area contributed by atoms with Crippen molar-refractivity contribution in [3.8, 4) is 0 Å². The minimum atomic E-state index is -1.31. The first kappa shape index (κ1) is 22.7. The van der Waals surface area contributed by atoms with E-state index in [1.54, 1.807) is 23.9 Å². The summed E-state index contributed by atoms with van der Waals surface area (Å²) in [6.07, 6.45) is 0.909. The fourth-order valence-electron chi connectivity index (χ4n) is 4.19. The lowest BCUT2D eigenvalue weighted by atomic mass is 9.53. The second kappa shape index (κ2) is 9.47. The van der Waals surface area contributed by atoms with Gasteiger partial charge in [0.1, 0.15) is 11.6 Å². The lowest BCUT2D eigenvalue weighted by Crippen LogP contribution is -2.59. The molecule has 0 spiro atoms. The number of aliphatic carboxylic acids is 2. The minimum Gasteiger partial charge on any atom is -0.481 e. The third-order valence-corrected chi connectivity index (χ3v) is 6.84. The van der Waals surface area contributed by atoms with Crippen LogP contribution in [-0.2, 0) is 32.0 Å². The smallest absolute Gasteiger partial charge is 0.308 e. The van der Waals surface area contributed by atoms with Crippen LogP contribution in [-0.4, -0.2) is 33.7 Å². The van der Waals surface area contributed by atoms with Gasteiger partial charge in [-0.2, -0.15) is 0 Å². The zero-order valence-corrected chi connectivity index (χ0v) is 18.1.